The summed E-state index contributed by atoms with van der Waals surface area (Å²) in [6.45, 7) is 6.50. The van der Waals surface area contributed by atoms with Gasteiger partial charge in [0.1, 0.15) is 0 Å². The summed E-state index contributed by atoms with van der Waals surface area (Å²) >= 11 is 0. The van der Waals surface area contributed by atoms with E-state index in [1.165, 1.54) is 33.4 Å². The van der Waals surface area contributed by atoms with Crippen molar-refractivity contribution in [2.24, 2.45) is 5.73 Å². The Balaban J connectivity index is 1.94. The fourth-order valence-corrected chi connectivity index (χ4v) is 3.18. The van der Waals surface area contributed by atoms with Gasteiger partial charge in [0.05, 0.1) is 0 Å². The molecule has 2 aromatic carbocycles. The zero-order valence-electron chi connectivity index (χ0n) is 11.9. The van der Waals surface area contributed by atoms with E-state index in [1.807, 2.05) is 0 Å². The molecule has 0 saturated carbocycles. The van der Waals surface area contributed by atoms with E-state index in [1.54, 1.807) is 0 Å². The number of fused-ring (bicyclic) bond motifs is 1. The van der Waals surface area contributed by atoms with E-state index in [9.17, 15) is 0 Å². The quantitative estimate of drug-likeness (QED) is 0.859. The maximum atomic E-state index is 6.53. The van der Waals surface area contributed by atoms with Crippen molar-refractivity contribution in [3.05, 3.63) is 69.8 Å². The molecule has 19 heavy (non-hydrogen) atoms. The molecule has 98 valence electrons. The van der Waals surface area contributed by atoms with Crippen molar-refractivity contribution in [1.29, 1.82) is 0 Å². The molecular weight excluding hydrogens is 230 g/mol. The van der Waals surface area contributed by atoms with Crippen LogP contribution in [0.2, 0.25) is 0 Å². The first-order chi connectivity index (χ1) is 9.08. The van der Waals surface area contributed by atoms with Crippen LogP contribution >= 0.6 is 0 Å². The normalized spacial score (nSPS) is 18.6. The van der Waals surface area contributed by atoms with Crippen LogP contribution in [-0.4, -0.2) is 0 Å². The molecule has 2 atom stereocenters. The lowest BCUT2D eigenvalue weighted by Crippen LogP contribution is -2.29. The molecule has 1 aliphatic rings. The minimum Gasteiger partial charge on any atom is -0.323 e. The van der Waals surface area contributed by atoms with Gasteiger partial charge in [0, 0.05) is 12.0 Å². The summed E-state index contributed by atoms with van der Waals surface area (Å²) in [4.78, 5) is 0. The summed E-state index contributed by atoms with van der Waals surface area (Å²) < 4.78 is 0. The van der Waals surface area contributed by atoms with E-state index in [0.717, 1.165) is 6.42 Å². The van der Waals surface area contributed by atoms with Gasteiger partial charge in [0.15, 0.2) is 0 Å². The molecule has 0 bridgehead atoms. The summed E-state index contributed by atoms with van der Waals surface area (Å²) in [7, 11) is 0. The highest BCUT2D eigenvalue weighted by Gasteiger charge is 2.32. The van der Waals surface area contributed by atoms with Gasteiger partial charge in [-0.2, -0.15) is 0 Å². The average Bonchev–Trinajstić information content (AvgIpc) is 2.35. The first kappa shape index (κ1) is 12.4. The molecule has 0 amide bonds. The van der Waals surface area contributed by atoms with Crippen molar-refractivity contribution >= 4 is 0 Å². The van der Waals surface area contributed by atoms with Gasteiger partial charge in [-0.05, 0) is 60.6 Å². The van der Waals surface area contributed by atoms with Gasteiger partial charge in [0.25, 0.3) is 0 Å². The van der Waals surface area contributed by atoms with Gasteiger partial charge in [-0.15, -0.1) is 0 Å². The van der Waals surface area contributed by atoms with Crippen LogP contribution in [0.1, 0.15) is 45.3 Å². The van der Waals surface area contributed by atoms with Crippen LogP contribution in [0.25, 0.3) is 0 Å². The molecule has 1 heteroatoms. The van der Waals surface area contributed by atoms with E-state index < -0.39 is 0 Å². The summed E-state index contributed by atoms with van der Waals surface area (Å²) in [5, 5.41) is 0. The van der Waals surface area contributed by atoms with E-state index in [0.29, 0.717) is 5.92 Å². The molecule has 2 aromatic rings. The van der Waals surface area contributed by atoms with Crippen LogP contribution in [0.3, 0.4) is 0 Å². The lowest BCUT2D eigenvalue weighted by atomic mass is 9.71. The number of aryl methyl sites for hydroxylation is 3. The van der Waals surface area contributed by atoms with Crippen molar-refractivity contribution in [3.8, 4) is 0 Å². The van der Waals surface area contributed by atoms with Gasteiger partial charge in [-0.3, -0.25) is 0 Å². The molecule has 0 aliphatic heterocycles. The Morgan fingerprint density at radius 3 is 2.42 bits per heavy atom. The smallest absolute Gasteiger partial charge is 0.0370 e. The molecule has 0 fully saturated rings. The molecule has 0 aromatic heterocycles. The van der Waals surface area contributed by atoms with Gasteiger partial charge in [-0.1, -0.05) is 36.4 Å². The number of rotatable bonds is 2. The Bertz CT molecular complexity index is 628. The molecule has 2 unspecified atom stereocenters. The molecule has 0 radical (unpaired) electrons. The standard InChI is InChI=1S/C18H21N/c1-11-8-13(3)16(9-12(11)2)18(19)17-10-14-6-4-5-7-15(14)17/h4-9,17-18H,10,19H2,1-3H3. The topological polar surface area (TPSA) is 26.0 Å². The van der Waals surface area contributed by atoms with Gasteiger partial charge in [0.2, 0.25) is 0 Å². The second kappa shape index (κ2) is 4.50. The maximum Gasteiger partial charge on any atom is 0.0370 e. The maximum absolute atomic E-state index is 6.53. The summed E-state index contributed by atoms with van der Waals surface area (Å²) in [6, 6.07) is 13.3. The Hall–Kier alpha value is -1.60. The van der Waals surface area contributed by atoms with Gasteiger partial charge in [-0.25, -0.2) is 0 Å². The minimum atomic E-state index is 0.120. The zero-order valence-corrected chi connectivity index (χ0v) is 11.9. The molecule has 0 spiro atoms. The molecule has 0 saturated heterocycles. The van der Waals surface area contributed by atoms with Crippen LogP contribution in [0.4, 0.5) is 0 Å². The first-order valence-corrected chi connectivity index (χ1v) is 6.99. The van der Waals surface area contributed by atoms with Crippen molar-refractivity contribution in [1.82, 2.24) is 0 Å². The van der Waals surface area contributed by atoms with Crippen LogP contribution < -0.4 is 5.73 Å². The third-order valence-electron chi connectivity index (χ3n) is 4.57. The van der Waals surface area contributed by atoms with Crippen LogP contribution in [-0.2, 0) is 6.42 Å². The predicted octanol–water partition coefficient (Wildman–Crippen LogP) is 3.95. The number of hydrogen-bond donors (Lipinski definition) is 1. The summed E-state index contributed by atoms with van der Waals surface area (Å²) in [6.07, 6.45) is 1.11. The van der Waals surface area contributed by atoms with Gasteiger partial charge >= 0.3 is 0 Å². The Kier molecular flexibility index (Phi) is 2.94. The van der Waals surface area contributed by atoms with Crippen molar-refractivity contribution < 1.29 is 0 Å². The SMILES string of the molecule is Cc1cc(C)c(C(N)C2Cc3ccccc32)cc1C. The fraction of sp³-hybridized carbons (Fsp3) is 0.333. The van der Waals surface area contributed by atoms with E-state index in [2.05, 4.69) is 57.2 Å². The Morgan fingerprint density at radius 2 is 1.68 bits per heavy atom. The third kappa shape index (κ3) is 1.98. The molecule has 1 aliphatic carbocycles. The average molecular weight is 251 g/mol. The first-order valence-electron chi connectivity index (χ1n) is 6.99. The summed E-state index contributed by atoms with van der Waals surface area (Å²) in [5.41, 5.74) is 14.7. The summed E-state index contributed by atoms with van der Waals surface area (Å²) in [5.74, 6) is 0.483. The van der Waals surface area contributed by atoms with Crippen molar-refractivity contribution in [2.75, 3.05) is 0 Å². The largest absolute Gasteiger partial charge is 0.323 e. The molecule has 1 nitrogen and oxygen atoms in total. The predicted molar refractivity (Wildman–Crippen MR) is 80.5 cm³/mol. The fourth-order valence-electron chi connectivity index (χ4n) is 3.18. The second-order valence-corrected chi connectivity index (χ2v) is 5.83. The lowest BCUT2D eigenvalue weighted by molar-refractivity contribution is 0.498. The highest BCUT2D eigenvalue weighted by molar-refractivity contribution is 5.45. The van der Waals surface area contributed by atoms with E-state index >= 15 is 0 Å². The lowest BCUT2D eigenvalue weighted by Gasteiger charge is -2.35. The Morgan fingerprint density at radius 1 is 1.00 bits per heavy atom. The second-order valence-electron chi connectivity index (χ2n) is 5.83. The van der Waals surface area contributed by atoms with E-state index in [4.69, 9.17) is 5.73 Å². The molecular formula is C18H21N. The van der Waals surface area contributed by atoms with E-state index in [-0.39, 0.29) is 6.04 Å². The van der Waals surface area contributed by atoms with Gasteiger partial charge < -0.3 is 5.73 Å². The van der Waals surface area contributed by atoms with Crippen LogP contribution in [0, 0.1) is 20.8 Å². The van der Waals surface area contributed by atoms with Crippen LogP contribution in [0.5, 0.6) is 0 Å². The Labute approximate surface area is 115 Å². The van der Waals surface area contributed by atoms with Crippen LogP contribution in [0.15, 0.2) is 36.4 Å². The minimum absolute atomic E-state index is 0.120. The number of hydrogen-bond acceptors (Lipinski definition) is 1. The highest BCUT2D eigenvalue weighted by atomic mass is 14.7. The number of nitrogens with two attached hydrogens (primary N) is 1. The monoisotopic (exact) mass is 251 g/mol. The van der Waals surface area contributed by atoms with Crippen molar-refractivity contribution in [2.45, 2.75) is 39.2 Å². The zero-order chi connectivity index (χ0) is 13.6. The highest BCUT2D eigenvalue weighted by Crippen LogP contribution is 2.43. The third-order valence-corrected chi connectivity index (χ3v) is 4.57. The molecule has 2 N–H and O–H groups in total. The van der Waals surface area contributed by atoms with Crippen molar-refractivity contribution in [3.63, 3.8) is 0 Å². The molecule has 0 heterocycles. The number of benzene rings is 2. The molecule has 3 rings (SSSR count).